The van der Waals surface area contributed by atoms with Gasteiger partial charge in [-0.25, -0.2) is 4.98 Å². The molecule has 2 aromatic rings. The van der Waals surface area contributed by atoms with Gasteiger partial charge in [0.1, 0.15) is 0 Å². The number of fused-ring (bicyclic) bond motifs is 1. The van der Waals surface area contributed by atoms with Crippen molar-refractivity contribution in [3.63, 3.8) is 0 Å². The lowest BCUT2D eigenvalue weighted by Gasteiger charge is -2.25. The van der Waals surface area contributed by atoms with Gasteiger partial charge in [0.05, 0.1) is 17.1 Å². The minimum absolute atomic E-state index is 0.0879. The number of carbonyl (C=O) groups excluding carboxylic acids is 1. The van der Waals surface area contributed by atoms with Gasteiger partial charge in [-0.3, -0.25) is 9.89 Å². The predicted molar refractivity (Wildman–Crippen MR) is 120 cm³/mol. The molecule has 4 heterocycles. The van der Waals surface area contributed by atoms with Crippen molar-refractivity contribution < 1.29 is 4.79 Å². The van der Waals surface area contributed by atoms with E-state index >= 15 is 0 Å². The molecule has 164 valence electrons. The van der Waals surface area contributed by atoms with Crippen LogP contribution in [-0.4, -0.2) is 63.1 Å². The molecule has 0 saturated carbocycles. The van der Waals surface area contributed by atoms with Gasteiger partial charge in [-0.1, -0.05) is 12.8 Å². The Hall–Kier alpha value is -2.15. The van der Waals surface area contributed by atoms with Gasteiger partial charge < -0.3 is 15.1 Å². The number of nitrogens with zero attached hydrogens (tertiary/aromatic N) is 4. The Morgan fingerprint density at radius 1 is 1.17 bits per heavy atom. The lowest BCUT2D eigenvalue weighted by molar-refractivity contribution is -0.132. The van der Waals surface area contributed by atoms with Crippen molar-refractivity contribution >= 4 is 22.8 Å². The van der Waals surface area contributed by atoms with E-state index < -0.39 is 0 Å². The first kappa shape index (κ1) is 21.1. The fraction of sp³-hybridized carbons (Fsp3) is 0.696. The average molecular weight is 413 g/mol. The van der Waals surface area contributed by atoms with Crippen molar-refractivity contribution in [1.82, 2.24) is 25.0 Å². The van der Waals surface area contributed by atoms with Crippen LogP contribution < -0.4 is 5.32 Å². The van der Waals surface area contributed by atoms with E-state index in [1.807, 2.05) is 0 Å². The third-order valence-electron chi connectivity index (χ3n) is 6.35. The summed E-state index contributed by atoms with van der Waals surface area (Å²) in [6.07, 6.45) is 8.95. The standard InChI is InChI=1S/C23H36N6O/c1-17(2)24-22-18-11-12-19(25-23(18)27-26-22)20-9-7-16-29(20)21(30)10-8-15-28-13-5-3-4-6-14-28/h11-12,17,20H,3-10,13-16H2,1-2H3,(H2,24,25,26,27)/t20-/m1/s1. The van der Waals surface area contributed by atoms with E-state index in [1.165, 1.54) is 38.8 Å². The van der Waals surface area contributed by atoms with Crippen molar-refractivity contribution in [3.05, 3.63) is 17.8 Å². The Bertz CT molecular complexity index is 839. The van der Waals surface area contributed by atoms with Crippen LogP contribution in [0.3, 0.4) is 0 Å². The van der Waals surface area contributed by atoms with Crippen LogP contribution >= 0.6 is 0 Å². The Labute approximate surface area is 179 Å². The lowest BCUT2D eigenvalue weighted by atomic mass is 10.1. The number of likely N-dealkylation sites (tertiary alicyclic amines) is 2. The molecule has 4 rings (SSSR count). The number of hydrogen-bond donors (Lipinski definition) is 2. The molecular formula is C23H36N6O. The zero-order valence-corrected chi connectivity index (χ0v) is 18.5. The van der Waals surface area contributed by atoms with Crippen LogP contribution in [-0.2, 0) is 4.79 Å². The molecule has 2 aliphatic heterocycles. The topological polar surface area (TPSA) is 77.1 Å². The van der Waals surface area contributed by atoms with E-state index in [4.69, 9.17) is 4.98 Å². The summed E-state index contributed by atoms with van der Waals surface area (Å²) in [5.74, 6) is 1.12. The van der Waals surface area contributed by atoms with Crippen molar-refractivity contribution in [3.8, 4) is 0 Å². The molecule has 0 spiro atoms. The molecule has 0 aliphatic carbocycles. The predicted octanol–water partition coefficient (Wildman–Crippen LogP) is 4.10. The van der Waals surface area contributed by atoms with Gasteiger partial charge in [-0.05, 0) is 77.7 Å². The molecule has 2 N–H and O–H groups in total. The number of hydrogen-bond acceptors (Lipinski definition) is 5. The average Bonchev–Trinajstić information content (AvgIpc) is 3.28. The van der Waals surface area contributed by atoms with Gasteiger partial charge in [0.2, 0.25) is 5.91 Å². The number of rotatable bonds is 7. The molecule has 0 bridgehead atoms. The molecule has 0 unspecified atom stereocenters. The van der Waals surface area contributed by atoms with Crippen LogP contribution in [0.4, 0.5) is 5.82 Å². The van der Waals surface area contributed by atoms with Crippen LogP contribution in [0.2, 0.25) is 0 Å². The summed E-state index contributed by atoms with van der Waals surface area (Å²) in [5.41, 5.74) is 1.76. The Morgan fingerprint density at radius 3 is 2.73 bits per heavy atom. The maximum atomic E-state index is 13.0. The second-order valence-electron chi connectivity index (χ2n) is 9.11. The van der Waals surface area contributed by atoms with Gasteiger partial charge in [-0.2, -0.15) is 5.10 Å². The van der Waals surface area contributed by atoms with Gasteiger partial charge in [-0.15, -0.1) is 0 Å². The minimum atomic E-state index is 0.0879. The van der Waals surface area contributed by atoms with Crippen LogP contribution in [0.15, 0.2) is 12.1 Å². The number of nitrogens with one attached hydrogen (secondary N) is 2. The smallest absolute Gasteiger partial charge is 0.223 e. The number of amides is 1. The first-order valence-corrected chi connectivity index (χ1v) is 11.7. The number of aromatic amines is 1. The Morgan fingerprint density at radius 2 is 1.97 bits per heavy atom. The van der Waals surface area contributed by atoms with E-state index in [9.17, 15) is 4.79 Å². The summed E-state index contributed by atoms with van der Waals surface area (Å²) in [5, 5.41) is 11.8. The molecule has 2 aliphatic rings. The maximum Gasteiger partial charge on any atom is 0.223 e. The first-order valence-electron chi connectivity index (χ1n) is 11.7. The van der Waals surface area contributed by atoms with Gasteiger partial charge >= 0.3 is 0 Å². The van der Waals surface area contributed by atoms with Crippen molar-refractivity contribution in [2.75, 3.05) is 31.5 Å². The molecule has 30 heavy (non-hydrogen) atoms. The summed E-state index contributed by atoms with van der Waals surface area (Å²) >= 11 is 0. The van der Waals surface area contributed by atoms with E-state index in [0.29, 0.717) is 12.5 Å². The molecule has 2 aromatic heterocycles. The molecule has 1 atom stereocenters. The largest absolute Gasteiger partial charge is 0.366 e. The van der Waals surface area contributed by atoms with E-state index in [0.717, 1.165) is 54.9 Å². The highest BCUT2D eigenvalue weighted by atomic mass is 16.2. The molecule has 2 fully saturated rings. The second kappa shape index (κ2) is 9.77. The summed E-state index contributed by atoms with van der Waals surface area (Å²) in [6.45, 7) is 8.48. The normalized spacial score (nSPS) is 20.8. The molecule has 7 heteroatoms. The van der Waals surface area contributed by atoms with E-state index in [2.05, 4.69) is 51.3 Å². The number of H-pyrrole nitrogens is 1. The summed E-state index contributed by atoms with van der Waals surface area (Å²) in [7, 11) is 0. The van der Waals surface area contributed by atoms with Crippen molar-refractivity contribution in [2.24, 2.45) is 0 Å². The molecule has 7 nitrogen and oxygen atoms in total. The number of carbonyl (C=O) groups is 1. The highest BCUT2D eigenvalue weighted by molar-refractivity contribution is 5.87. The number of aromatic nitrogens is 3. The zero-order valence-electron chi connectivity index (χ0n) is 18.5. The Kier molecular flexibility index (Phi) is 6.87. The molecular weight excluding hydrogens is 376 g/mol. The van der Waals surface area contributed by atoms with Crippen LogP contribution in [0.5, 0.6) is 0 Å². The Balaban J connectivity index is 1.37. The highest BCUT2D eigenvalue weighted by Gasteiger charge is 2.31. The van der Waals surface area contributed by atoms with Gasteiger partial charge in [0.15, 0.2) is 11.5 Å². The summed E-state index contributed by atoms with van der Waals surface area (Å²) < 4.78 is 0. The number of pyridine rings is 1. The highest BCUT2D eigenvalue weighted by Crippen LogP contribution is 2.33. The van der Waals surface area contributed by atoms with Gasteiger partial charge in [0, 0.05) is 19.0 Å². The summed E-state index contributed by atoms with van der Waals surface area (Å²) in [6, 6.07) is 4.54. The molecule has 1 amide bonds. The maximum absolute atomic E-state index is 13.0. The van der Waals surface area contributed by atoms with E-state index in [-0.39, 0.29) is 11.9 Å². The molecule has 2 saturated heterocycles. The fourth-order valence-electron chi connectivity index (χ4n) is 4.82. The van der Waals surface area contributed by atoms with Crippen molar-refractivity contribution in [2.45, 2.75) is 77.3 Å². The van der Waals surface area contributed by atoms with Crippen LogP contribution in [0.1, 0.15) is 76.9 Å². The van der Waals surface area contributed by atoms with Crippen molar-refractivity contribution in [1.29, 1.82) is 0 Å². The minimum Gasteiger partial charge on any atom is -0.366 e. The third kappa shape index (κ3) is 4.94. The fourth-order valence-corrected chi connectivity index (χ4v) is 4.82. The summed E-state index contributed by atoms with van der Waals surface area (Å²) in [4.78, 5) is 22.4. The lowest BCUT2D eigenvalue weighted by Crippen LogP contribution is -2.32. The second-order valence-corrected chi connectivity index (χ2v) is 9.11. The SMILES string of the molecule is CC(C)Nc1n[nH]c2nc([C@H]3CCCN3C(=O)CCCN3CCCCCC3)ccc12. The molecule has 0 aromatic carbocycles. The van der Waals surface area contributed by atoms with E-state index in [1.54, 1.807) is 0 Å². The quantitative estimate of drug-likeness (QED) is 0.716. The number of anilines is 1. The monoisotopic (exact) mass is 412 g/mol. The van der Waals surface area contributed by atoms with Crippen LogP contribution in [0, 0.1) is 0 Å². The third-order valence-corrected chi connectivity index (χ3v) is 6.35. The first-order chi connectivity index (χ1) is 14.6. The van der Waals surface area contributed by atoms with Crippen LogP contribution in [0.25, 0.3) is 11.0 Å². The molecule has 0 radical (unpaired) electrons. The zero-order chi connectivity index (χ0) is 20.9. The van der Waals surface area contributed by atoms with Gasteiger partial charge in [0.25, 0.3) is 0 Å².